The van der Waals surface area contributed by atoms with Crippen molar-refractivity contribution in [2.75, 3.05) is 33.5 Å². The molecular formula is C18H27NO5. The van der Waals surface area contributed by atoms with E-state index in [9.17, 15) is 9.59 Å². The fourth-order valence-corrected chi connectivity index (χ4v) is 1.95. The number of carbonyl (C=O) groups is 2. The number of hydrogen-bond acceptors (Lipinski definition) is 5. The minimum Gasteiger partial charge on any atom is -0.456 e. The van der Waals surface area contributed by atoms with Crippen LogP contribution in [-0.4, -0.2) is 51.0 Å². The third kappa shape index (κ3) is 7.57. The molecule has 1 N–H and O–H groups in total. The summed E-state index contributed by atoms with van der Waals surface area (Å²) >= 11 is 0. The predicted octanol–water partition coefficient (Wildman–Crippen LogP) is 2.34. The van der Waals surface area contributed by atoms with Crippen LogP contribution in [0.1, 0.15) is 47.1 Å². The Morgan fingerprint density at radius 1 is 1.04 bits per heavy atom. The van der Waals surface area contributed by atoms with Gasteiger partial charge in [0.15, 0.2) is 0 Å². The lowest BCUT2D eigenvalue weighted by atomic mass is 10.1. The van der Waals surface area contributed by atoms with E-state index in [2.05, 4.69) is 5.32 Å². The third-order valence-electron chi connectivity index (χ3n) is 2.94. The molecule has 0 aliphatic heterocycles. The Morgan fingerprint density at radius 3 is 2.33 bits per heavy atom. The number of ether oxygens (including phenoxy) is 3. The molecule has 1 amide bonds. The van der Waals surface area contributed by atoms with E-state index in [0.717, 1.165) is 5.56 Å². The van der Waals surface area contributed by atoms with Crippen LogP contribution in [0.2, 0.25) is 0 Å². The first-order chi connectivity index (χ1) is 11.2. The summed E-state index contributed by atoms with van der Waals surface area (Å²) in [6.45, 7) is 9.04. The zero-order valence-corrected chi connectivity index (χ0v) is 15.1. The first kappa shape index (κ1) is 20.1. The molecule has 0 atom stereocenters. The molecule has 0 saturated carbocycles. The van der Waals surface area contributed by atoms with Crippen molar-refractivity contribution in [2.24, 2.45) is 0 Å². The number of methoxy groups -OCH3 is 1. The fourth-order valence-electron chi connectivity index (χ4n) is 1.95. The van der Waals surface area contributed by atoms with Gasteiger partial charge in [0.2, 0.25) is 0 Å². The molecule has 24 heavy (non-hydrogen) atoms. The molecule has 0 fully saturated rings. The quantitative estimate of drug-likeness (QED) is 0.582. The van der Waals surface area contributed by atoms with Gasteiger partial charge < -0.3 is 19.5 Å². The molecule has 0 aliphatic carbocycles. The van der Waals surface area contributed by atoms with Crippen molar-refractivity contribution >= 4 is 11.9 Å². The van der Waals surface area contributed by atoms with Gasteiger partial charge in [-0.05, 0) is 51.5 Å². The van der Waals surface area contributed by atoms with E-state index < -0.39 is 11.6 Å². The van der Waals surface area contributed by atoms with Gasteiger partial charge >= 0.3 is 5.97 Å². The molecule has 0 unspecified atom stereocenters. The Hall–Kier alpha value is -1.92. The lowest BCUT2D eigenvalue weighted by molar-refractivity contribution is 0.00694. The maximum Gasteiger partial charge on any atom is 0.338 e. The summed E-state index contributed by atoms with van der Waals surface area (Å²) in [6, 6.07) is 4.98. The van der Waals surface area contributed by atoms with Gasteiger partial charge in [0, 0.05) is 19.2 Å². The summed E-state index contributed by atoms with van der Waals surface area (Å²) in [7, 11) is 1.60. The topological polar surface area (TPSA) is 73.9 Å². The number of rotatable bonds is 8. The van der Waals surface area contributed by atoms with E-state index in [1.165, 1.54) is 0 Å². The maximum absolute atomic E-state index is 12.2. The monoisotopic (exact) mass is 337 g/mol. The van der Waals surface area contributed by atoms with E-state index in [1.54, 1.807) is 46.1 Å². The average molecular weight is 337 g/mol. The minimum atomic E-state index is -0.581. The van der Waals surface area contributed by atoms with E-state index in [1.807, 2.05) is 6.92 Å². The second-order valence-corrected chi connectivity index (χ2v) is 6.45. The van der Waals surface area contributed by atoms with Crippen LogP contribution in [-0.2, 0) is 14.2 Å². The number of carbonyl (C=O) groups excluding carboxylic acids is 2. The molecule has 6 heteroatoms. The second-order valence-electron chi connectivity index (χ2n) is 6.45. The number of benzene rings is 1. The lowest BCUT2D eigenvalue weighted by Gasteiger charge is -2.19. The zero-order chi connectivity index (χ0) is 18.2. The maximum atomic E-state index is 12.2. The summed E-state index contributed by atoms with van der Waals surface area (Å²) in [6.07, 6.45) is 0. The van der Waals surface area contributed by atoms with Crippen molar-refractivity contribution in [1.29, 1.82) is 0 Å². The van der Waals surface area contributed by atoms with Crippen LogP contribution in [0.25, 0.3) is 0 Å². The van der Waals surface area contributed by atoms with Crippen molar-refractivity contribution < 1.29 is 23.8 Å². The molecule has 0 aliphatic rings. The zero-order valence-electron chi connectivity index (χ0n) is 15.1. The smallest absolute Gasteiger partial charge is 0.338 e. The molecule has 134 valence electrons. The molecule has 0 aromatic heterocycles. The number of aryl methyl sites for hydroxylation is 1. The van der Waals surface area contributed by atoms with E-state index in [-0.39, 0.29) is 5.91 Å². The molecule has 0 saturated heterocycles. The molecular weight excluding hydrogens is 310 g/mol. The van der Waals surface area contributed by atoms with Crippen molar-refractivity contribution in [3.63, 3.8) is 0 Å². The highest BCUT2D eigenvalue weighted by atomic mass is 16.6. The number of amides is 1. The van der Waals surface area contributed by atoms with Gasteiger partial charge in [-0.1, -0.05) is 0 Å². The Morgan fingerprint density at radius 2 is 1.71 bits per heavy atom. The van der Waals surface area contributed by atoms with Gasteiger partial charge in [0.1, 0.15) is 5.60 Å². The van der Waals surface area contributed by atoms with Crippen LogP contribution in [0.3, 0.4) is 0 Å². The van der Waals surface area contributed by atoms with Crippen LogP contribution in [0.4, 0.5) is 0 Å². The van der Waals surface area contributed by atoms with Crippen molar-refractivity contribution in [1.82, 2.24) is 5.32 Å². The van der Waals surface area contributed by atoms with Gasteiger partial charge in [0.05, 0.1) is 25.4 Å². The van der Waals surface area contributed by atoms with Gasteiger partial charge in [0.25, 0.3) is 5.91 Å². The minimum absolute atomic E-state index is 0.251. The number of esters is 1. The molecule has 0 spiro atoms. The fraction of sp³-hybridized carbons (Fsp3) is 0.556. The van der Waals surface area contributed by atoms with Gasteiger partial charge in [-0.2, -0.15) is 0 Å². The molecule has 1 aromatic carbocycles. The summed E-state index contributed by atoms with van der Waals surface area (Å²) in [5, 5.41) is 2.76. The summed E-state index contributed by atoms with van der Waals surface area (Å²) in [4.78, 5) is 24.4. The molecule has 1 rings (SSSR count). The van der Waals surface area contributed by atoms with Crippen molar-refractivity contribution in [3.05, 3.63) is 34.9 Å². The average Bonchev–Trinajstić information content (AvgIpc) is 2.48. The van der Waals surface area contributed by atoms with Crippen LogP contribution in [0, 0.1) is 6.92 Å². The van der Waals surface area contributed by atoms with Crippen LogP contribution < -0.4 is 5.32 Å². The highest BCUT2D eigenvalue weighted by molar-refractivity contribution is 5.98. The SMILES string of the molecule is COCCOCCNC(=O)c1cc(C)cc(C(=O)OC(C)(C)C)c1. The Labute approximate surface area is 143 Å². The number of hydrogen-bond donors (Lipinski definition) is 1. The van der Waals surface area contributed by atoms with Crippen LogP contribution in [0.5, 0.6) is 0 Å². The normalized spacial score (nSPS) is 11.2. The lowest BCUT2D eigenvalue weighted by Crippen LogP contribution is -2.28. The second kappa shape index (κ2) is 9.39. The Bertz CT molecular complexity index is 563. The molecule has 0 radical (unpaired) electrons. The first-order valence-electron chi connectivity index (χ1n) is 7.93. The first-order valence-corrected chi connectivity index (χ1v) is 7.93. The largest absolute Gasteiger partial charge is 0.456 e. The van der Waals surface area contributed by atoms with E-state index in [0.29, 0.717) is 37.5 Å². The van der Waals surface area contributed by atoms with E-state index in [4.69, 9.17) is 14.2 Å². The standard InChI is InChI=1S/C18H27NO5/c1-13-10-14(16(20)19-6-7-23-9-8-22-5)12-15(11-13)17(21)24-18(2,3)4/h10-12H,6-9H2,1-5H3,(H,19,20). The highest BCUT2D eigenvalue weighted by Crippen LogP contribution is 2.15. The van der Waals surface area contributed by atoms with Crippen LogP contribution >= 0.6 is 0 Å². The van der Waals surface area contributed by atoms with E-state index >= 15 is 0 Å². The molecule has 0 bridgehead atoms. The summed E-state index contributed by atoms with van der Waals surface area (Å²) in [5.41, 5.74) is 1.03. The molecule has 0 heterocycles. The summed E-state index contributed by atoms with van der Waals surface area (Å²) < 4.78 is 15.5. The van der Waals surface area contributed by atoms with Gasteiger partial charge in [-0.3, -0.25) is 4.79 Å². The van der Waals surface area contributed by atoms with Gasteiger partial charge in [-0.25, -0.2) is 4.79 Å². The summed E-state index contributed by atoms with van der Waals surface area (Å²) in [5.74, 6) is -0.693. The van der Waals surface area contributed by atoms with Crippen molar-refractivity contribution in [2.45, 2.75) is 33.3 Å². The third-order valence-corrected chi connectivity index (χ3v) is 2.94. The molecule has 6 nitrogen and oxygen atoms in total. The Kier molecular flexibility index (Phi) is 7.88. The van der Waals surface area contributed by atoms with Gasteiger partial charge in [-0.15, -0.1) is 0 Å². The van der Waals surface area contributed by atoms with Crippen LogP contribution in [0.15, 0.2) is 18.2 Å². The predicted molar refractivity (Wildman–Crippen MR) is 91.4 cm³/mol. The Balaban J connectivity index is 2.64. The van der Waals surface area contributed by atoms with Crippen molar-refractivity contribution in [3.8, 4) is 0 Å². The highest BCUT2D eigenvalue weighted by Gasteiger charge is 2.19. The molecule has 1 aromatic rings. The number of nitrogens with one attached hydrogen (secondary N) is 1.